The number of anilines is 3. The van der Waals surface area contributed by atoms with Gasteiger partial charge in [-0.1, -0.05) is 15.9 Å². The Balaban J connectivity index is 1.89. The quantitative estimate of drug-likeness (QED) is 0.904. The van der Waals surface area contributed by atoms with E-state index in [-0.39, 0.29) is 0 Å². The summed E-state index contributed by atoms with van der Waals surface area (Å²) >= 11 is 3.46. The standard InChI is InChI=1S/C14H15BrN4/c1-8-6-10(15)4-5-11(8)17-13-7-12(16)18-14(19-13)9-2-3-9/h4-7,9H,2-3H2,1H3,(H3,16,17,18,19). The van der Waals surface area contributed by atoms with E-state index >= 15 is 0 Å². The summed E-state index contributed by atoms with van der Waals surface area (Å²) in [4.78, 5) is 8.83. The van der Waals surface area contributed by atoms with Crippen LogP contribution in [0.25, 0.3) is 0 Å². The van der Waals surface area contributed by atoms with E-state index in [9.17, 15) is 0 Å². The molecule has 0 saturated heterocycles. The number of aromatic nitrogens is 2. The van der Waals surface area contributed by atoms with Gasteiger partial charge in [-0.25, -0.2) is 9.97 Å². The Morgan fingerprint density at radius 3 is 2.74 bits per heavy atom. The van der Waals surface area contributed by atoms with Gasteiger partial charge in [0.15, 0.2) is 0 Å². The lowest BCUT2D eigenvalue weighted by Gasteiger charge is -2.10. The Hall–Kier alpha value is -1.62. The molecule has 19 heavy (non-hydrogen) atoms. The number of hydrogen-bond acceptors (Lipinski definition) is 4. The smallest absolute Gasteiger partial charge is 0.136 e. The zero-order chi connectivity index (χ0) is 13.4. The zero-order valence-electron chi connectivity index (χ0n) is 10.7. The number of nitrogens with two attached hydrogens (primary N) is 1. The van der Waals surface area contributed by atoms with E-state index in [0.717, 1.165) is 27.4 Å². The summed E-state index contributed by atoms with van der Waals surface area (Å²) in [5.41, 5.74) is 8.03. The van der Waals surface area contributed by atoms with Crippen molar-refractivity contribution >= 4 is 33.3 Å². The molecule has 3 rings (SSSR count). The molecule has 0 spiro atoms. The Labute approximate surface area is 120 Å². The summed E-state index contributed by atoms with van der Waals surface area (Å²) in [6.45, 7) is 2.06. The molecule has 1 fully saturated rings. The van der Waals surface area contributed by atoms with E-state index < -0.39 is 0 Å². The second kappa shape index (κ2) is 4.81. The Bertz CT molecular complexity index is 623. The van der Waals surface area contributed by atoms with E-state index in [1.165, 1.54) is 12.8 Å². The van der Waals surface area contributed by atoms with Crippen molar-refractivity contribution in [3.63, 3.8) is 0 Å². The molecule has 0 amide bonds. The zero-order valence-corrected chi connectivity index (χ0v) is 12.2. The van der Waals surface area contributed by atoms with Gasteiger partial charge >= 0.3 is 0 Å². The lowest BCUT2D eigenvalue weighted by Crippen LogP contribution is -2.03. The van der Waals surface area contributed by atoms with Crippen LogP contribution in [0.5, 0.6) is 0 Å². The summed E-state index contributed by atoms with van der Waals surface area (Å²) in [7, 11) is 0. The van der Waals surface area contributed by atoms with Crippen molar-refractivity contribution < 1.29 is 0 Å². The molecule has 1 aromatic carbocycles. The molecule has 0 radical (unpaired) electrons. The number of hydrogen-bond donors (Lipinski definition) is 2. The molecule has 5 heteroatoms. The highest BCUT2D eigenvalue weighted by molar-refractivity contribution is 9.10. The van der Waals surface area contributed by atoms with E-state index in [0.29, 0.717) is 11.7 Å². The van der Waals surface area contributed by atoms with Crippen LogP contribution in [0.3, 0.4) is 0 Å². The maximum Gasteiger partial charge on any atom is 0.136 e. The first-order chi connectivity index (χ1) is 9.11. The van der Waals surface area contributed by atoms with Gasteiger partial charge in [-0.3, -0.25) is 0 Å². The fraction of sp³-hybridized carbons (Fsp3) is 0.286. The van der Waals surface area contributed by atoms with Crippen molar-refractivity contribution in [2.45, 2.75) is 25.7 Å². The summed E-state index contributed by atoms with van der Waals surface area (Å²) in [6, 6.07) is 7.86. The Morgan fingerprint density at radius 2 is 2.05 bits per heavy atom. The van der Waals surface area contributed by atoms with Crippen LogP contribution in [0, 0.1) is 6.92 Å². The average Bonchev–Trinajstić information content (AvgIpc) is 3.16. The van der Waals surface area contributed by atoms with Gasteiger partial charge in [0, 0.05) is 22.1 Å². The van der Waals surface area contributed by atoms with Gasteiger partial charge in [0.05, 0.1) is 0 Å². The highest BCUT2D eigenvalue weighted by atomic mass is 79.9. The van der Waals surface area contributed by atoms with Gasteiger partial charge in [-0.05, 0) is 43.5 Å². The monoisotopic (exact) mass is 318 g/mol. The first kappa shape index (κ1) is 12.4. The average molecular weight is 319 g/mol. The van der Waals surface area contributed by atoms with Crippen LogP contribution in [-0.4, -0.2) is 9.97 Å². The summed E-state index contributed by atoms with van der Waals surface area (Å²) in [6.07, 6.45) is 2.33. The van der Waals surface area contributed by atoms with E-state index in [1.54, 1.807) is 6.07 Å². The molecular formula is C14H15BrN4. The molecule has 1 aliphatic rings. The topological polar surface area (TPSA) is 63.8 Å². The van der Waals surface area contributed by atoms with Gasteiger partial charge < -0.3 is 11.1 Å². The van der Waals surface area contributed by atoms with Crippen molar-refractivity contribution in [1.82, 2.24) is 9.97 Å². The normalized spacial score (nSPS) is 14.4. The number of nitrogens with zero attached hydrogens (tertiary/aromatic N) is 2. The molecule has 1 aliphatic carbocycles. The second-order valence-corrected chi connectivity index (χ2v) is 5.81. The number of nitrogens with one attached hydrogen (secondary N) is 1. The molecule has 0 bridgehead atoms. The van der Waals surface area contributed by atoms with Crippen molar-refractivity contribution in [1.29, 1.82) is 0 Å². The predicted octanol–water partition coefficient (Wildman–Crippen LogP) is 3.75. The third kappa shape index (κ3) is 2.87. The third-order valence-corrected chi connectivity index (χ3v) is 3.65. The summed E-state index contributed by atoms with van der Waals surface area (Å²) in [5.74, 6) is 2.64. The Morgan fingerprint density at radius 1 is 1.26 bits per heavy atom. The highest BCUT2D eigenvalue weighted by Crippen LogP contribution is 2.38. The maximum atomic E-state index is 5.84. The van der Waals surface area contributed by atoms with Gasteiger partial charge in [-0.15, -0.1) is 0 Å². The predicted molar refractivity (Wildman–Crippen MR) is 80.6 cm³/mol. The first-order valence-electron chi connectivity index (χ1n) is 6.29. The van der Waals surface area contributed by atoms with Crippen LogP contribution in [0.2, 0.25) is 0 Å². The van der Waals surface area contributed by atoms with Gasteiger partial charge in [0.1, 0.15) is 17.5 Å². The van der Waals surface area contributed by atoms with Crippen molar-refractivity contribution in [3.8, 4) is 0 Å². The van der Waals surface area contributed by atoms with Gasteiger partial charge in [0.25, 0.3) is 0 Å². The van der Waals surface area contributed by atoms with Crippen LogP contribution in [0.4, 0.5) is 17.3 Å². The molecule has 2 aromatic rings. The molecule has 0 aliphatic heterocycles. The largest absolute Gasteiger partial charge is 0.384 e. The second-order valence-electron chi connectivity index (χ2n) is 4.89. The molecule has 0 atom stereocenters. The number of halogens is 1. The fourth-order valence-electron chi connectivity index (χ4n) is 1.98. The van der Waals surface area contributed by atoms with Crippen molar-refractivity contribution in [2.75, 3.05) is 11.1 Å². The number of rotatable bonds is 3. The van der Waals surface area contributed by atoms with Crippen LogP contribution in [0.1, 0.15) is 30.1 Å². The van der Waals surface area contributed by atoms with Crippen molar-refractivity contribution in [3.05, 3.63) is 40.1 Å². The van der Waals surface area contributed by atoms with E-state index in [4.69, 9.17) is 5.73 Å². The van der Waals surface area contributed by atoms with Crippen LogP contribution in [0.15, 0.2) is 28.7 Å². The summed E-state index contributed by atoms with van der Waals surface area (Å²) < 4.78 is 1.07. The molecule has 1 aromatic heterocycles. The van der Waals surface area contributed by atoms with E-state index in [1.807, 2.05) is 12.1 Å². The fourth-order valence-corrected chi connectivity index (χ4v) is 2.45. The minimum Gasteiger partial charge on any atom is -0.384 e. The Kier molecular flexibility index (Phi) is 3.14. The number of nitrogen functional groups attached to an aromatic ring is 1. The highest BCUT2D eigenvalue weighted by Gasteiger charge is 2.27. The lowest BCUT2D eigenvalue weighted by molar-refractivity contribution is 0.935. The van der Waals surface area contributed by atoms with Crippen molar-refractivity contribution in [2.24, 2.45) is 0 Å². The molecular weight excluding hydrogens is 304 g/mol. The van der Waals surface area contributed by atoms with Gasteiger partial charge in [-0.2, -0.15) is 0 Å². The number of benzene rings is 1. The minimum absolute atomic E-state index is 0.495. The lowest BCUT2D eigenvalue weighted by atomic mass is 10.2. The van der Waals surface area contributed by atoms with Crippen LogP contribution < -0.4 is 11.1 Å². The molecule has 1 saturated carbocycles. The minimum atomic E-state index is 0.495. The van der Waals surface area contributed by atoms with E-state index in [2.05, 4.69) is 44.2 Å². The molecule has 1 heterocycles. The maximum absolute atomic E-state index is 5.84. The molecule has 4 nitrogen and oxygen atoms in total. The molecule has 98 valence electrons. The summed E-state index contributed by atoms with van der Waals surface area (Å²) in [5, 5.41) is 3.31. The van der Waals surface area contributed by atoms with Crippen LogP contribution in [-0.2, 0) is 0 Å². The third-order valence-electron chi connectivity index (χ3n) is 3.16. The first-order valence-corrected chi connectivity index (χ1v) is 7.09. The molecule has 0 unspecified atom stereocenters. The molecule has 3 N–H and O–H groups in total. The van der Waals surface area contributed by atoms with Crippen LogP contribution >= 0.6 is 15.9 Å². The van der Waals surface area contributed by atoms with Gasteiger partial charge in [0.2, 0.25) is 0 Å². The SMILES string of the molecule is Cc1cc(Br)ccc1Nc1cc(N)nc(C2CC2)n1. The number of aryl methyl sites for hydroxylation is 1.